The van der Waals surface area contributed by atoms with Crippen LogP contribution >= 0.6 is 11.6 Å². The number of hydrogen-bond acceptors (Lipinski definition) is 3. The molecule has 1 aromatic rings. The molecule has 0 aromatic heterocycles. The average Bonchev–Trinajstić information content (AvgIpc) is 2.10. The number of aromatic hydroxyl groups is 1. The number of hydrogen-bond donors (Lipinski definition) is 2. The molecule has 1 aromatic carbocycles. The van der Waals surface area contributed by atoms with Crippen molar-refractivity contribution in [2.75, 3.05) is 11.6 Å². The molecule has 0 radical (unpaired) electrons. The van der Waals surface area contributed by atoms with E-state index in [1.165, 1.54) is 12.1 Å². The molecule has 0 aliphatic heterocycles. The summed E-state index contributed by atoms with van der Waals surface area (Å²) >= 11 is 5.36. The number of phenolic OH excluding ortho intramolecular Hbond substituents is 1. The summed E-state index contributed by atoms with van der Waals surface area (Å²) in [6, 6.07) is 2.89. The minimum atomic E-state index is -0.303. The Hall–Kier alpha value is -1.22. The summed E-state index contributed by atoms with van der Waals surface area (Å²) in [6.07, 6.45) is 0. The zero-order valence-electron chi connectivity index (χ0n) is 7.17. The van der Waals surface area contributed by atoms with E-state index in [4.69, 9.17) is 17.3 Å². The second-order valence-corrected chi connectivity index (χ2v) is 3.05. The Labute approximate surface area is 81.1 Å². The molecule has 4 heteroatoms. The van der Waals surface area contributed by atoms with E-state index in [1.807, 2.05) is 0 Å². The van der Waals surface area contributed by atoms with Gasteiger partial charge in [0.05, 0.1) is 11.4 Å². The highest BCUT2D eigenvalue weighted by atomic mass is 35.5. The second kappa shape index (κ2) is 3.66. The molecule has 0 fully saturated rings. The Bertz CT molecular complexity index is 350. The highest BCUT2D eigenvalue weighted by Crippen LogP contribution is 2.24. The molecule has 0 aliphatic rings. The number of alkyl halides is 1. The van der Waals surface area contributed by atoms with E-state index in [0.717, 1.165) is 5.56 Å². The summed E-state index contributed by atoms with van der Waals surface area (Å²) in [6.45, 7) is 1.76. The van der Waals surface area contributed by atoms with Crippen LogP contribution in [0.1, 0.15) is 15.9 Å². The fraction of sp³-hybridized carbons (Fsp3) is 0.222. The van der Waals surface area contributed by atoms with E-state index in [2.05, 4.69) is 0 Å². The molecule has 3 nitrogen and oxygen atoms in total. The molecule has 0 heterocycles. The number of aryl methyl sites for hydroxylation is 1. The first-order chi connectivity index (χ1) is 6.06. The van der Waals surface area contributed by atoms with Crippen molar-refractivity contribution in [1.29, 1.82) is 0 Å². The summed E-state index contributed by atoms with van der Waals surface area (Å²) in [5.74, 6) is -0.562. The first kappa shape index (κ1) is 9.86. The number of nitrogens with two attached hydrogens (primary N) is 1. The van der Waals surface area contributed by atoms with E-state index < -0.39 is 0 Å². The molecule has 0 atom stereocenters. The first-order valence-electron chi connectivity index (χ1n) is 3.74. The van der Waals surface area contributed by atoms with Gasteiger partial charge in [-0.15, -0.1) is 11.6 Å². The van der Waals surface area contributed by atoms with Gasteiger partial charge in [0.15, 0.2) is 5.78 Å². The molecule has 0 bridgehead atoms. The quantitative estimate of drug-likeness (QED) is 0.433. The second-order valence-electron chi connectivity index (χ2n) is 2.78. The highest BCUT2D eigenvalue weighted by Gasteiger charge is 2.11. The molecule has 13 heavy (non-hydrogen) atoms. The van der Waals surface area contributed by atoms with E-state index in [-0.39, 0.29) is 23.0 Å². The lowest BCUT2D eigenvalue weighted by Crippen LogP contribution is -2.02. The maximum absolute atomic E-state index is 11.2. The zero-order chi connectivity index (χ0) is 10.0. The van der Waals surface area contributed by atoms with Crippen molar-refractivity contribution < 1.29 is 9.90 Å². The van der Waals surface area contributed by atoms with Crippen molar-refractivity contribution in [3.8, 4) is 5.75 Å². The van der Waals surface area contributed by atoms with Crippen LogP contribution in [0, 0.1) is 6.92 Å². The molecule has 0 spiro atoms. The molecule has 0 amide bonds. The maximum atomic E-state index is 11.2. The van der Waals surface area contributed by atoms with Gasteiger partial charge in [0.2, 0.25) is 0 Å². The van der Waals surface area contributed by atoms with Crippen molar-refractivity contribution in [1.82, 2.24) is 0 Å². The number of anilines is 1. The summed E-state index contributed by atoms with van der Waals surface area (Å²) in [5, 5.41) is 9.36. The van der Waals surface area contributed by atoms with Gasteiger partial charge in [-0.2, -0.15) is 0 Å². The van der Waals surface area contributed by atoms with Crippen LogP contribution in [0.15, 0.2) is 12.1 Å². The van der Waals surface area contributed by atoms with Crippen LogP contribution < -0.4 is 5.73 Å². The third-order valence-electron chi connectivity index (χ3n) is 1.81. The van der Waals surface area contributed by atoms with Crippen molar-refractivity contribution in [2.24, 2.45) is 0 Å². The van der Waals surface area contributed by atoms with Crippen molar-refractivity contribution in [3.05, 3.63) is 23.3 Å². The van der Waals surface area contributed by atoms with Crippen LogP contribution in [0.25, 0.3) is 0 Å². The van der Waals surface area contributed by atoms with E-state index >= 15 is 0 Å². The average molecular weight is 200 g/mol. The molecule has 0 saturated heterocycles. The topological polar surface area (TPSA) is 63.3 Å². The molecule has 0 unspecified atom stereocenters. The Kier molecular flexibility index (Phi) is 2.78. The Morgan fingerprint density at radius 2 is 2.23 bits per heavy atom. The molecule has 0 aliphatic carbocycles. The van der Waals surface area contributed by atoms with Gasteiger partial charge in [0.1, 0.15) is 5.75 Å². The Balaban J connectivity index is 3.23. The summed E-state index contributed by atoms with van der Waals surface area (Å²) in [5.41, 5.74) is 6.97. The number of ketones is 1. The third-order valence-corrected chi connectivity index (χ3v) is 2.05. The predicted octanol–water partition coefficient (Wildman–Crippen LogP) is 1.70. The van der Waals surface area contributed by atoms with Gasteiger partial charge in [0.25, 0.3) is 0 Å². The zero-order valence-corrected chi connectivity index (χ0v) is 7.93. The summed E-state index contributed by atoms with van der Waals surface area (Å²) < 4.78 is 0. The SMILES string of the molecule is Cc1cc(C(=O)CCl)c(O)cc1N. The molecule has 70 valence electrons. The molecular weight excluding hydrogens is 190 g/mol. The normalized spacial score (nSPS) is 10.0. The number of Topliss-reactive ketones (excluding diaryl/α,β-unsaturated/α-hetero) is 1. The maximum Gasteiger partial charge on any atom is 0.181 e. The summed E-state index contributed by atoms with van der Waals surface area (Å²) in [4.78, 5) is 11.2. The van der Waals surface area contributed by atoms with Gasteiger partial charge in [-0.25, -0.2) is 0 Å². The predicted molar refractivity (Wildman–Crippen MR) is 52.3 cm³/mol. The van der Waals surface area contributed by atoms with Crippen molar-refractivity contribution in [3.63, 3.8) is 0 Å². The highest BCUT2D eigenvalue weighted by molar-refractivity contribution is 6.30. The van der Waals surface area contributed by atoms with E-state index in [1.54, 1.807) is 6.92 Å². The number of carbonyl (C=O) groups is 1. The lowest BCUT2D eigenvalue weighted by Gasteiger charge is -2.05. The fourth-order valence-corrected chi connectivity index (χ4v) is 1.15. The van der Waals surface area contributed by atoms with Crippen molar-refractivity contribution in [2.45, 2.75) is 6.92 Å². The van der Waals surface area contributed by atoms with Crippen LogP contribution in [0.3, 0.4) is 0 Å². The minimum Gasteiger partial charge on any atom is -0.507 e. The molecule has 1 rings (SSSR count). The fourth-order valence-electron chi connectivity index (χ4n) is 1.01. The number of nitrogen functional groups attached to an aromatic ring is 1. The van der Waals surface area contributed by atoms with Gasteiger partial charge in [0, 0.05) is 11.8 Å². The smallest absolute Gasteiger partial charge is 0.181 e. The number of phenols is 1. The lowest BCUT2D eigenvalue weighted by atomic mass is 10.1. The number of halogens is 1. The number of rotatable bonds is 2. The Morgan fingerprint density at radius 1 is 1.62 bits per heavy atom. The van der Waals surface area contributed by atoms with Crippen LogP contribution in [0.4, 0.5) is 5.69 Å². The number of carbonyl (C=O) groups excluding carboxylic acids is 1. The molecular formula is C9H10ClNO2. The van der Waals surface area contributed by atoms with Gasteiger partial charge in [-0.3, -0.25) is 4.79 Å². The summed E-state index contributed by atoms with van der Waals surface area (Å²) in [7, 11) is 0. The van der Waals surface area contributed by atoms with Crippen LogP contribution in [-0.2, 0) is 0 Å². The van der Waals surface area contributed by atoms with Gasteiger partial charge in [-0.1, -0.05) is 0 Å². The molecule has 3 N–H and O–H groups in total. The Morgan fingerprint density at radius 3 is 2.77 bits per heavy atom. The lowest BCUT2D eigenvalue weighted by molar-refractivity contribution is 0.101. The van der Waals surface area contributed by atoms with Crippen LogP contribution in [0.2, 0.25) is 0 Å². The van der Waals surface area contributed by atoms with Crippen LogP contribution in [-0.4, -0.2) is 16.8 Å². The van der Waals surface area contributed by atoms with Crippen LogP contribution in [0.5, 0.6) is 5.75 Å². The molecule has 0 saturated carbocycles. The first-order valence-corrected chi connectivity index (χ1v) is 4.28. The van der Waals surface area contributed by atoms with E-state index in [0.29, 0.717) is 5.69 Å². The van der Waals surface area contributed by atoms with Gasteiger partial charge >= 0.3 is 0 Å². The number of benzene rings is 1. The van der Waals surface area contributed by atoms with Gasteiger partial charge in [-0.05, 0) is 18.6 Å². The third kappa shape index (κ3) is 1.92. The monoisotopic (exact) mass is 199 g/mol. The standard InChI is InChI=1S/C9H10ClNO2/c1-5-2-6(9(13)4-10)8(12)3-7(5)11/h2-3,12H,4,11H2,1H3. The van der Waals surface area contributed by atoms with E-state index in [9.17, 15) is 9.90 Å². The van der Waals surface area contributed by atoms with Crippen molar-refractivity contribution >= 4 is 23.1 Å². The minimum absolute atomic E-state index is 0.117. The van der Waals surface area contributed by atoms with Gasteiger partial charge < -0.3 is 10.8 Å². The largest absolute Gasteiger partial charge is 0.507 e.